The van der Waals surface area contributed by atoms with Gasteiger partial charge in [0.25, 0.3) is 0 Å². The summed E-state index contributed by atoms with van der Waals surface area (Å²) in [5.41, 5.74) is 0. The SMILES string of the molecule is ClC1C(Cl)C(Cl)C(Cl)C(Cl)C1Cl.OCC(O)C(O)CO. The van der Waals surface area contributed by atoms with Gasteiger partial charge in [-0.1, -0.05) is 0 Å². The van der Waals surface area contributed by atoms with Crippen molar-refractivity contribution < 1.29 is 20.4 Å². The summed E-state index contributed by atoms with van der Waals surface area (Å²) in [6.07, 6.45) is -2.44. The van der Waals surface area contributed by atoms with E-state index in [1.54, 1.807) is 0 Å². The molecule has 1 aliphatic carbocycles. The normalized spacial score (nSPS) is 40.5. The van der Waals surface area contributed by atoms with Gasteiger partial charge in [0, 0.05) is 0 Å². The van der Waals surface area contributed by atoms with E-state index in [1.165, 1.54) is 0 Å². The molecule has 0 radical (unpaired) electrons. The minimum atomic E-state index is -1.22. The quantitative estimate of drug-likeness (QED) is 0.527. The minimum Gasteiger partial charge on any atom is -0.394 e. The van der Waals surface area contributed by atoms with Crippen molar-refractivity contribution in [3.05, 3.63) is 0 Å². The number of aliphatic hydroxyl groups is 4. The van der Waals surface area contributed by atoms with Crippen molar-refractivity contribution in [3.8, 4) is 0 Å². The molecule has 0 aromatic rings. The average Bonchev–Trinajstić information content (AvgIpc) is 2.47. The molecule has 1 aliphatic rings. The summed E-state index contributed by atoms with van der Waals surface area (Å²) in [6, 6.07) is 0. The van der Waals surface area contributed by atoms with Crippen molar-refractivity contribution in [1.29, 1.82) is 0 Å². The zero-order valence-electron chi connectivity index (χ0n) is 10.1. The largest absolute Gasteiger partial charge is 0.394 e. The van der Waals surface area contributed by atoms with Crippen LogP contribution in [0.2, 0.25) is 0 Å². The van der Waals surface area contributed by atoms with Crippen molar-refractivity contribution in [2.45, 2.75) is 44.5 Å². The van der Waals surface area contributed by atoms with Gasteiger partial charge in [0.1, 0.15) is 12.2 Å². The van der Waals surface area contributed by atoms with Gasteiger partial charge in [0.2, 0.25) is 0 Å². The Morgan fingerprint density at radius 1 is 0.550 bits per heavy atom. The summed E-state index contributed by atoms with van der Waals surface area (Å²) in [5.74, 6) is 0. The Kier molecular flexibility index (Phi) is 11.2. The Balaban J connectivity index is 0.000000396. The molecule has 1 fully saturated rings. The fraction of sp³-hybridized carbons (Fsp3) is 1.00. The highest BCUT2D eigenvalue weighted by atomic mass is 35.5. The van der Waals surface area contributed by atoms with E-state index < -0.39 is 57.7 Å². The molecule has 4 nitrogen and oxygen atoms in total. The number of rotatable bonds is 3. The first-order valence-electron chi connectivity index (χ1n) is 5.61. The van der Waals surface area contributed by atoms with Crippen molar-refractivity contribution in [2.75, 3.05) is 13.2 Å². The number of hydrogen-bond donors (Lipinski definition) is 4. The van der Waals surface area contributed by atoms with Crippen LogP contribution >= 0.6 is 69.6 Å². The maximum atomic E-state index is 8.47. The molecule has 1 saturated carbocycles. The summed E-state index contributed by atoms with van der Waals surface area (Å²) in [7, 11) is 0. The van der Waals surface area contributed by atoms with Gasteiger partial charge in [-0.05, 0) is 0 Å². The lowest BCUT2D eigenvalue weighted by atomic mass is 9.97. The number of hydrogen-bond acceptors (Lipinski definition) is 4. The number of alkyl halides is 6. The predicted molar refractivity (Wildman–Crippen MR) is 84.0 cm³/mol. The molecule has 0 spiro atoms. The maximum absolute atomic E-state index is 8.47. The summed E-state index contributed by atoms with van der Waals surface area (Å²) >= 11 is 35.3. The fourth-order valence-electron chi connectivity index (χ4n) is 1.30. The van der Waals surface area contributed by atoms with E-state index >= 15 is 0 Å². The minimum absolute atomic E-state index is 0.437. The lowest BCUT2D eigenvalue weighted by Crippen LogP contribution is -2.52. The molecule has 10 heteroatoms. The molecule has 2 atom stereocenters. The first-order chi connectivity index (χ1) is 9.18. The Hall–Kier alpha value is 1.58. The van der Waals surface area contributed by atoms with Crippen LogP contribution in [0.4, 0.5) is 0 Å². The van der Waals surface area contributed by atoms with E-state index in [0.717, 1.165) is 0 Å². The van der Waals surface area contributed by atoms with E-state index in [4.69, 9.17) is 90.0 Å². The Bertz CT molecular complexity index is 208. The first kappa shape index (κ1) is 21.6. The zero-order valence-corrected chi connectivity index (χ0v) is 14.6. The van der Waals surface area contributed by atoms with Crippen LogP contribution in [-0.4, -0.2) is 78.1 Å². The van der Waals surface area contributed by atoms with Gasteiger partial charge in [-0.15, -0.1) is 69.6 Å². The molecule has 0 bridgehead atoms. The third-order valence-electron chi connectivity index (χ3n) is 2.64. The second-order valence-electron chi connectivity index (χ2n) is 4.17. The van der Waals surface area contributed by atoms with E-state index in [9.17, 15) is 0 Å². The molecular formula is C10H16Cl6O4. The van der Waals surface area contributed by atoms with Gasteiger partial charge < -0.3 is 20.4 Å². The van der Waals surface area contributed by atoms with Gasteiger partial charge in [0.05, 0.1) is 45.5 Å². The molecule has 0 heterocycles. The van der Waals surface area contributed by atoms with Crippen molar-refractivity contribution in [2.24, 2.45) is 0 Å². The second kappa shape index (κ2) is 10.4. The first-order valence-corrected chi connectivity index (χ1v) is 8.23. The molecule has 0 saturated heterocycles. The molecule has 1 rings (SSSR count). The topological polar surface area (TPSA) is 80.9 Å². The van der Waals surface area contributed by atoms with Crippen LogP contribution in [0.25, 0.3) is 0 Å². The van der Waals surface area contributed by atoms with E-state index in [2.05, 4.69) is 0 Å². The highest BCUT2D eigenvalue weighted by Crippen LogP contribution is 2.39. The van der Waals surface area contributed by atoms with Crippen LogP contribution in [0.3, 0.4) is 0 Å². The molecule has 0 amide bonds. The molecule has 20 heavy (non-hydrogen) atoms. The van der Waals surface area contributed by atoms with Crippen molar-refractivity contribution >= 4 is 69.6 Å². The molecule has 0 aromatic heterocycles. The summed E-state index contributed by atoms with van der Waals surface area (Å²) in [6.45, 7) is -1.05. The smallest absolute Gasteiger partial charge is 0.105 e. The van der Waals surface area contributed by atoms with E-state index in [1.807, 2.05) is 0 Å². The predicted octanol–water partition coefficient (Wildman–Crippen LogP) is 1.34. The second-order valence-corrected chi connectivity index (χ2v) is 7.19. The number of halogens is 6. The monoisotopic (exact) mass is 410 g/mol. The highest BCUT2D eigenvalue weighted by Gasteiger charge is 2.46. The fourth-order valence-corrected chi connectivity index (χ4v) is 3.62. The van der Waals surface area contributed by atoms with Gasteiger partial charge in [0.15, 0.2) is 0 Å². The van der Waals surface area contributed by atoms with Gasteiger partial charge in [-0.2, -0.15) is 0 Å². The summed E-state index contributed by atoms with van der Waals surface area (Å²) in [5, 5.41) is 30.5. The third-order valence-corrected chi connectivity index (χ3v) is 6.67. The molecular weight excluding hydrogens is 397 g/mol. The van der Waals surface area contributed by atoms with E-state index in [0.29, 0.717) is 0 Å². The van der Waals surface area contributed by atoms with Gasteiger partial charge in [-0.3, -0.25) is 0 Å². The van der Waals surface area contributed by atoms with Crippen LogP contribution < -0.4 is 0 Å². The van der Waals surface area contributed by atoms with Crippen LogP contribution in [0.1, 0.15) is 0 Å². The summed E-state index contributed by atoms with van der Waals surface area (Å²) < 4.78 is 0. The summed E-state index contributed by atoms with van der Waals surface area (Å²) in [4.78, 5) is 0. The van der Waals surface area contributed by atoms with Crippen molar-refractivity contribution in [1.82, 2.24) is 0 Å². The molecule has 0 aliphatic heterocycles. The zero-order chi connectivity index (χ0) is 16.0. The highest BCUT2D eigenvalue weighted by molar-refractivity contribution is 6.45. The molecule has 0 aromatic carbocycles. The van der Waals surface area contributed by atoms with Gasteiger partial charge in [-0.25, -0.2) is 0 Å². The maximum Gasteiger partial charge on any atom is 0.105 e. The Morgan fingerprint density at radius 2 is 0.700 bits per heavy atom. The Labute approximate surface area is 147 Å². The van der Waals surface area contributed by atoms with Crippen molar-refractivity contribution in [3.63, 3.8) is 0 Å². The van der Waals surface area contributed by atoms with Crippen LogP contribution in [-0.2, 0) is 0 Å². The molecule has 122 valence electrons. The number of aliphatic hydroxyl groups excluding tert-OH is 4. The average molecular weight is 413 g/mol. The van der Waals surface area contributed by atoms with Crippen LogP contribution in [0, 0.1) is 0 Å². The molecule has 4 N–H and O–H groups in total. The standard InChI is InChI=1S/C6H6Cl6.C4H10O4/c7-1-2(8)4(10)6(12)5(11)3(1)9;5-1-3(7)4(8)2-6/h1-6H;3-8H,1-2H2. The lowest BCUT2D eigenvalue weighted by molar-refractivity contribution is -0.0388. The molecule has 2 unspecified atom stereocenters. The third kappa shape index (κ3) is 5.99. The van der Waals surface area contributed by atoms with Crippen LogP contribution in [0.15, 0.2) is 0 Å². The van der Waals surface area contributed by atoms with Gasteiger partial charge >= 0.3 is 0 Å². The van der Waals surface area contributed by atoms with Crippen LogP contribution in [0.5, 0.6) is 0 Å². The Morgan fingerprint density at radius 3 is 0.800 bits per heavy atom. The lowest BCUT2D eigenvalue weighted by Gasteiger charge is -2.37. The van der Waals surface area contributed by atoms with E-state index in [-0.39, 0.29) is 0 Å².